The van der Waals surface area contributed by atoms with Gasteiger partial charge in [0.25, 0.3) is 11.8 Å². The van der Waals surface area contributed by atoms with E-state index < -0.39 is 29.7 Å². The van der Waals surface area contributed by atoms with Gasteiger partial charge in [0.1, 0.15) is 24.1 Å². The van der Waals surface area contributed by atoms with E-state index in [1.165, 1.54) is 5.56 Å². The summed E-state index contributed by atoms with van der Waals surface area (Å²) in [4.78, 5) is 51.5. The predicted molar refractivity (Wildman–Crippen MR) is 210 cm³/mol. The molecule has 0 spiro atoms. The number of imide groups is 2. The number of halogens is 1. The number of ether oxygens (including phenoxy) is 1. The maximum absolute atomic E-state index is 13.3. The van der Waals surface area contributed by atoms with E-state index in [9.17, 15) is 24.3 Å². The quantitative estimate of drug-likeness (QED) is 0.0826. The lowest BCUT2D eigenvalue weighted by Gasteiger charge is -2.27. The summed E-state index contributed by atoms with van der Waals surface area (Å²) in [7, 11) is 1.85. The van der Waals surface area contributed by atoms with Crippen LogP contribution in [0.2, 0.25) is 5.02 Å². The second-order valence-corrected chi connectivity index (χ2v) is 14.5. The molecule has 0 saturated carbocycles. The largest absolute Gasteiger partial charge is 0.506 e. The van der Waals surface area contributed by atoms with Crippen LogP contribution in [0.1, 0.15) is 75.2 Å². The molecule has 11 nitrogen and oxygen atoms in total. The predicted octanol–water partition coefficient (Wildman–Crippen LogP) is 7.54. The number of carbonyl (C=O) groups is 4. The van der Waals surface area contributed by atoms with Gasteiger partial charge in [-0.2, -0.15) is 5.10 Å². The lowest BCUT2D eigenvalue weighted by molar-refractivity contribution is -0.136. The summed E-state index contributed by atoms with van der Waals surface area (Å²) >= 11 is 6.34. The number of carbonyl (C=O) groups excluding carboxylic acids is 4. The topological polar surface area (TPSA) is 143 Å². The summed E-state index contributed by atoms with van der Waals surface area (Å²) in [5.74, 6) is -1.39. The number of phenolic OH excluding ortho intramolecular Hbond substituents is 1. The van der Waals surface area contributed by atoms with E-state index in [4.69, 9.17) is 16.3 Å². The maximum Gasteiger partial charge on any atom is 0.264 e. The summed E-state index contributed by atoms with van der Waals surface area (Å²) in [6.45, 7) is 4.78. The molecule has 7 rings (SSSR count). The van der Waals surface area contributed by atoms with Crippen molar-refractivity contribution in [1.82, 2.24) is 20.0 Å². The minimum Gasteiger partial charge on any atom is -0.506 e. The van der Waals surface area contributed by atoms with Crippen LogP contribution in [0, 0.1) is 13.8 Å². The molecule has 1 saturated heterocycles. The number of benzene rings is 4. The van der Waals surface area contributed by atoms with Crippen molar-refractivity contribution in [3.63, 3.8) is 0 Å². The molecule has 4 aromatic carbocycles. The van der Waals surface area contributed by atoms with Gasteiger partial charge in [-0.1, -0.05) is 54.4 Å². The Hall–Kier alpha value is -5.94. The lowest BCUT2D eigenvalue weighted by atomic mass is 9.97. The van der Waals surface area contributed by atoms with Gasteiger partial charge in [0.05, 0.1) is 28.1 Å². The number of anilines is 1. The normalized spacial score (nSPS) is 15.3. The number of aromatic hydroxyl groups is 1. The first kappa shape index (κ1) is 37.4. The van der Waals surface area contributed by atoms with Gasteiger partial charge in [-0.25, -0.2) is 0 Å². The van der Waals surface area contributed by atoms with Crippen LogP contribution in [0.4, 0.5) is 5.69 Å². The summed E-state index contributed by atoms with van der Waals surface area (Å²) in [6, 6.07) is 23.8. The number of piperidine rings is 1. The molecule has 5 aromatic rings. The Morgan fingerprint density at radius 1 is 0.891 bits per heavy atom. The molecule has 0 bridgehead atoms. The first-order valence-electron chi connectivity index (χ1n) is 18.4. The number of fused-ring (bicyclic) bond motifs is 1. The molecule has 0 radical (unpaired) electrons. The molecule has 1 aromatic heterocycles. The number of hydrogen-bond acceptors (Lipinski definition) is 8. The maximum atomic E-state index is 13.3. The van der Waals surface area contributed by atoms with Crippen molar-refractivity contribution in [2.75, 3.05) is 11.9 Å². The van der Waals surface area contributed by atoms with Crippen molar-refractivity contribution < 1.29 is 29.0 Å². The second-order valence-electron chi connectivity index (χ2n) is 14.1. The lowest BCUT2D eigenvalue weighted by Crippen LogP contribution is -2.54. The molecule has 3 N–H and O–H groups in total. The fourth-order valence-electron chi connectivity index (χ4n) is 7.32. The van der Waals surface area contributed by atoms with Crippen molar-refractivity contribution in [3.05, 3.63) is 117 Å². The van der Waals surface area contributed by atoms with Crippen molar-refractivity contribution in [1.29, 1.82) is 0 Å². The van der Waals surface area contributed by atoms with Crippen molar-refractivity contribution in [2.45, 2.75) is 65.0 Å². The fraction of sp³-hybridized carbons (Fsp3) is 0.279. The number of rotatable bonds is 13. The molecule has 282 valence electrons. The van der Waals surface area contributed by atoms with Crippen LogP contribution >= 0.6 is 11.6 Å². The zero-order valence-electron chi connectivity index (χ0n) is 30.9. The van der Waals surface area contributed by atoms with E-state index in [2.05, 4.69) is 40.0 Å². The average molecular weight is 760 g/mol. The van der Waals surface area contributed by atoms with E-state index in [1.807, 2.05) is 57.3 Å². The zero-order chi connectivity index (χ0) is 38.8. The third kappa shape index (κ3) is 7.70. The molecule has 4 amide bonds. The van der Waals surface area contributed by atoms with E-state index in [0.717, 1.165) is 58.7 Å². The highest BCUT2D eigenvalue weighted by Gasteiger charge is 2.45. The van der Waals surface area contributed by atoms with Crippen LogP contribution in [0.25, 0.3) is 22.4 Å². The number of nitrogens with one attached hydrogen (secondary N) is 2. The van der Waals surface area contributed by atoms with Gasteiger partial charge >= 0.3 is 0 Å². The highest BCUT2D eigenvalue weighted by Crippen LogP contribution is 2.45. The number of aromatic nitrogens is 2. The molecule has 55 heavy (non-hydrogen) atoms. The number of hydrogen-bond donors (Lipinski definition) is 3. The van der Waals surface area contributed by atoms with E-state index in [0.29, 0.717) is 40.7 Å². The Morgan fingerprint density at radius 2 is 1.67 bits per heavy atom. The minimum atomic E-state index is -0.994. The van der Waals surface area contributed by atoms with Crippen molar-refractivity contribution in [2.24, 2.45) is 7.05 Å². The van der Waals surface area contributed by atoms with Gasteiger partial charge in [0, 0.05) is 36.3 Å². The number of aryl methyl sites for hydroxylation is 4. The monoisotopic (exact) mass is 759 g/mol. The highest BCUT2D eigenvalue weighted by atomic mass is 35.5. The Balaban J connectivity index is 0.927. The SMILES string of the molecule is Cc1cc(-c2ccc(OCc3ccc(CCCCCNc4cccc5c4C(=O)N(C4CCC(=O)NC4=O)C5=O)cc3)c(-c3ccc(Cl)c(C)c3)c2O)n(C)n1. The number of unbranched alkanes of at least 4 members (excludes halogenated alkanes) is 2. The highest BCUT2D eigenvalue weighted by molar-refractivity contribution is 6.31. The molecular weight excluding hydrogens is 718 g/mol. The van der Waals surface area contributed by atoms with Crippen LogP contribution in [-0.2, 0) is 29.7 Å². The molecule has 2 aliphatic rings. The molecule has 12 heteroatoms. The Kier molecular flexibility index (Phi) is 10.7. The van der Waals surface area contributed by atoms with Crippen LogP contribution in [0.3, 0.4) is 0 Å². The third-order valence-corrected chi connectivity index (χ3v) is 10.6. The van der Waals surface area contributed by atoms with Gasteiger partial charge in [0.2, 0.25) is 11.8 Å². The second kappa shape index (κ2) is 15.8. The molecule has 0 aliphatic carbocycles. The Morgan fingerprint density at radius 3 is 2.40 bits per heavy atom. The smallest absolute Gasteiger partial charge is 0.264 e. The van der Waals surface area contributed by atoms with E-state index >= 15 is 0 Å². The minimum absolute atomic E-state index is 0.0784. The van der Waals surface area contributed by atoms with Crippen LogP contribution < -0.4 is 15.4 Å². The average Bonchev–Trinajstić information content (AvgIpc) is 3.63. The van der Waals surface area contributed by atoms with Crippen LogP contribution in [0.15, 0.2) is 78.9 Å². The summed E-state index contributed by atoms with van der Waals surface area (Å²) in [5.41, 5.74) is 7.90. The molecular formula is C43H42ClN5O6. The summed E-state index contributed by atoms with van der Waals surface area (Å²) in [5, 5.41) is 22.3. The third-order valence-electron chi connectivity index (χ3n) is 10.2. The Bertz CT molecular complexity index is 2320. The molecule has 2 aliphatic heterocycles. The van der Waals surface area contributed by atoms with Crippen LogP contribution in [-0.4, -0.2) is 56.0 Å². The van der Waals surface area contributed by atoms with E-state index in [-0.39, 0.29) is 29.7 Å². The van der Waals surface area contributed by atoms with Gasteiger partial charge in [-0.3, -0.25) is 34.1 Å². The number of amides is 4. The fourth-order valence-corrected chi connectivity index (χ4v) is 7.44. The molecule has 1 unspecified atom stereocenters. The number of phenols is 1. The molecule has 1 atom stereocenters. The first-order chi connectivity index (χ1) is 26.5. The zero-order valence-corrected chi connectivity index (χ0v) is 31.7. The van der Waals surface area contributed by atoms with Gasteiger partial charge in [0.15, 0.2) is 0 Å². The van der Waals surface area contributed by atoms with Gasteiger partial charge in [-0.05, 0) is 104 Å². The van der Waals surface area contributed by atoms with Crippen LogP contribution in [0.5, 0.6) is 11.5 Å². The standard InChI is InChI=1S/C43H42ClN5O6/c1-25-22-29(15-17-32(25)44)38-36(19-16-30(40(38)51)35-23-26(2)47-48(35)3)55-24-28-13-11-27(12-14-28)8-5-4-6-21-45-33-10-7-9-31-39(33)43(54)49(42(31)53)34-18-20-37(50)46-41(34)52/h7,9-17,19,22-23,34,45,51H,4-6,8,18,20-21,24H2,1-3H3,(H,46,50,52). The Labute approximate surface area is 324 Å². The first-order valence-corrected chi connectivity index (χ1v) is 18.8. The van der Waals surface area contributed by atoms with Gasteiger partial charge in [-0.15, -0.1) is 0 Å². The van der Waals surface area contributed by atoms with Crippen molar-refractivity contribution in [3.8, 4) is 33.9 Å². The van der Waals surface area contributed by atoms with Crippen molar-refractivity contribution >= 4 is 40.9 Å². The molecule has 3 heterocycles. The number of nitrogens with zero attached hydrogens (tertiary/aromatic N) is 3. The summed E-state index contributed by atoms with van der Waals surface area (Å²) < 4.78 is 8.10. The van der Waals surface area contributed by atoms with E-state index in [1.54, 1.807) is 22.9 Å². The molecule has 1 fully saturated rings. The summed E-state index contributed by atoms with van der Waals surface area (Å²) in [6.07, 6.45) is 3.88. The van der Waals surface area contributed by atoms with Gasteiger partial charge < -0.3 is 15.2 Å².